The molecule has 31 heavy (non-hydrogen) atoms. The van der Waals surface area contributed by atoms with Crippen LogP contribution in [0.5, 0.6) is 0 Å². The highest BCUT2D eigenvalue weighted by Gasteiger charge is 2.69. The van der Waals surface area contributed by atoms with Crippen molar-refractivity contribution < 1.29 is 19.1 Å². The van der Waals surface area contributed by atoms with Gasteiger partial charge in [0, 0.05) is 32.9 Å². The largest absolute Gasteiger partial charge is 0.464 e. The van der Waals surface area contributed by atoms with E-state index in [0.29, 0.717) is 5.56 Å². The summed E-state index contributed by atoms with van der Waals surface area (Å²) in [6.45, 7) is 1.90. The number of fused-ring (bicyclic) bond motifs is 1. The van der Waals surface area contributed by atoms with Gasteiger partial charge >= 0.3 is 5.97 Å². The Hall–Kier alpha value is -3.19. The van der Waals surface area contributed by atoms with Crippen molar-refractivity contribution in [3.05, 3.63) is 65.7 Å². The van der Waals surface area contributed by atoms with Crippen LogP contribution in [0, 0.1) is 11.8 Å². The molecule has 162 valence electrons. The van der Waals surface area contributed by atoms with E-state index in [1.807, 2.05) is 61.5 Å². The van der Waals surface area contributed by atoms with E-state index in [1.54, 1.807) is 19.1 Å². The molecule has 0 aliphatic carbocycles. The lowest BCUT2D eigenvalue weighted by molar-refractivity contribution is -0.156. The van der Waals surface area contributed by atoms with E-state index in [-0.39, 0.29) is 18.4 Å². The number of carbonyl (C=O) groups is 3. The van der Waals surface area contributed by atoms with Crippen LogP contribution in [0.15, 0.2) is 54.6 Å². The first kappa shape index (κ1) is 21.1. The molecule has 2 aliphatic heterocycles. The maximum atomic E-state index is 13.4. The number of benzene rings is 2. The number of rotatable bonds is 5. The summed E-state index contributed by atoms with van der Waals surface area (Å²) in [5.74, 6) is -2.78. The lowest BCUT2D eigenvalue weighted by Gasteiger charge is -2.33. The number of anilines is 1. The minimum atomic E-state index is -1.44. The van der Waals surface area contributed by atoms with Gasteiger partial charge in [-0.25, -0.2) is 4.79 Å². The second-order valence-corrected chi connectivity index (χ2v) is 8.24. The van der Waals surface area contributed by atoms with Crippen LogP contribution in [0.2, 0.25) is 0 Å². The van der Waals surface area contributed by atoms with Crippen molar-refractivity contribution in [3.63, 3.8) is 0 Å². The van der Waals surface area contributed by atoms with Gasteiger partial charge in [-0.05, 0) is 30.2 Å². The predicted molar refractivity (Wildman–Crippen MR) is 116 cm³/mol. The van der Waals surface area contributed by atoms with Crippen molar-refractivity contribution in [2.75, 3.05) is 32.6 Å². The van der Waals surface area contributed by atoms with Crippen LogP contribution in [0.3, 0.4) is 0 Å². The smallest absolute Gasteiger partial charge is 0.331 e. The number of nitrogens with one attached hydrogen (secondary N) is 1. The van der Waals surface area contributed by atoms with Crippen molar-refractivity contribution >= 4 is 23.5 Å². The number of carbonyl (C=O) groups excluding carboxylic acids is 3. The van der Waals surface area contributed by atoms with E-state index in [1.165, 1.54) is 7.05 Å². The number of imide groups is 1. The zero-order chi connectivity index (χ0) is 22.3. The summed E-state index contributed by atoms with van der Waals surface area (Å²) in [5, 5.41) is 3.40. The Morgan fingerprint density at radius 1 is 1.06 bits per heavy atom. The van der Waals surface area contributed by atoms with E-state index >= 15 is 0 Å². The first-order chi connectivity index (χ1) is 14.8. The second-order valence-electron chi connectivity index (χ2n) is 8.24. The fourth-order valence-corrected chi connectivity index (χ4v) is 4.83. The van der Waals surface area contributed by atoms with E-state index in [2.05, 4.69) is 5.32 Å². The molecular weight excluding hydrogens is 394 g/mol. The van der Waals surface area contributed by atoms with Gasteiger partial charge in [0.1, 0.15) is 0 Å². The molecule has 2 aromatic carbocycles. The summed E-state index contributed by atoms with van der Waals surface area (Å²) in [6.07, 6.45) is 0. The number of esters is 1. The van der Waals surface area contributed by atoms with Crippen molar-refractivity contribution in [2.45, 2.75) is 18.5 Å². The predicted octanol–water partition coefficient (Wildman–Crippen LogP) is 2.09. The Balaban J connectivity index is 1.89. The van der Waals surface area contributed by atoms with Crippen LogP contribution in [0.25, 0.3) is 0 Å². The summed E-state index contributed by atoms with van der Waals surface area (Å²) >= 11 is 0. The van der Waals surface area contributed by atoms with Crippen molar-refractivity contribution in [3.8, 4) is 0 Å². The van der Waals surface area contributed by atoms with Gasteiger partial charge in [0.25, 0.3) is 0 Å². The lowest BCUT2D eigenvalue weighted by atomic mass is 9.75. The Morgan fingerprint density at radius 2 is 1.71 bits per heavy atom. The SMILES string of the molecule is CCOC(=O)[C@]1(c2ccccc2)N[C@@H](c2ccc(N(C)C)cc2)[C@H]2C(=O)N(C)C(=O)[C@H]21. The number of hydrogen-bond acceptors (Lipinski definition) is 6. The molecule has 2 aromatic rings. The quantitative estimate of drug-likeness (QED) is 0.588. The number of likely N-dealkylation sites (tertiary alicyclic amines) is 1. The van der Waals surface area contributed by atoms with E-state index in [4.69, 9.17) is 4.74 Å². The number of hydrogen-bond donors (Lipinski definition) is 1. The third-order valence-corrected chi connectivity index (χ3v) is 6.38. The van der Waals surface area contributed by atoms with Crippen LogP contribution >= 0.6 is 0 Å². The summed E-state index contributed by atoms with van der Waals surface area (Å²) < 4.78 is 5.46. The fraction of sp³-hybridized carbons (Fsp3) is 0.375. The van der Waals surface area contributed by atoms with E-state index < -0.39 is 29.4 Å². The summed E-state index contributed by atoms with van der Waals surface area (Å²) in [4.78, 5) is 43.0. The lowest BCUT2D eigenvalue weighted by Crippen LogP contribution is -2.53. The van der Waals surface area contributed by atoms with Crippen molar-refractivity contribution in [1.82, 2.24) is 10.2 Å². The van der Waals surface area contributed by atoms with Crippen LogP contribution in [-0.2, 0) is 24.7 Å². The van der Waals surface area contributed by atoms with Gasteiger partial charge in [-0.2, -0.15) is 0 Å². The number of nitrogens with zero attached hydrogens (tertiary/aromatic N) is 2. The van der Waals surface area contributed by atoms with Crippen LogP contribution < -0.4 is 10.2 Å². The molecular formula is C24H27N3O4. The molecule has 2 amide bonds. The highest BCUT2D eigenvalue weighted by atomic mass is 16.5. The summed E-state index contributed by atoms with van der Waals surface area (Å²) in [7, 11) is 5.39. The summed E-state index contributed by atoms with van der Waals surface area (Å²) in [6, 6.07) is 16.4. The maximum absolute atomic E-state index is 13.4. The van der Waals surface area contributed by atoms with Crippen molar-refractivity contribution in [1.29, 1.82) is 0 Å². The Bertz CT molecular complexity index is 1010. The molecule has 7 heteroatoms. The highest BCUT2D eigenvalue weighted by molar-refractivity contribution is 6.09. The van der Waals surface area contributed by atoms with Gasteiger partial charge in [0.05, 0.1) is 18.4 Å². The fourth-order valence-electron chi connectivity index (χ4n) is 4.83. The molecule has 2 fully saturated rings. The summed E-state index contributed by atoms with van der Waals surface area (Å²) in [5.41, 5.74) is 1.04. The first-order valence-corrected chi connectivity index (χ1v) is 10.4. The highest BCUT2D eigenvalue weighted by Crippen LogP contribution is 2.53. The number of amides is 2. The Labute approximate surface area is 182 Å². The number of ether oxygens (including phenoxy) is 1. The molecule has 2 heterocycles. The third-order valence-electron chi connectivity index (χ3n) is 6.38. The molecule has 0 saturated carbocycles. The molecule has 0 aromatic heterocycles. The molecule has 4 rings (SSSR count). The molecule has 0 spiro atoms. The molecule has 4 atom stereocenters. The zero-order valence-corrected chi connectivity index (χ0v) is 18.2. The standard InChI is InChI=1S/C24H27N3O4/c1-5-31-23(30)24(16-9-7-6-8-10-16)19-18(21(28)27(4)22(19)29)20(25-24)15-11-13-17(14-12-15)26(2)3/h6-14,18-20,25H,5H2,1-4H3/t18-,19-,20-,24+/m0/s1. The minimum absolute atomic E-state index is 0.173. The second kappa shape index (κ2) is 7.81. The minimum Gasteiger partial charge on any atom is -0.464 e. The molecule has 2 saturated heterocycles. The van der Waals surface area contributed by atoms with E-state index in [9.17, 15) is 14.4 Å². The van der Waals surface area contributed by atoms with Crippen LogP contribution in [0.1, 0.15) is 24.1 Å². The van der Waals surface area contributed by atoms with Crippen molar-refractivity contribution in [2.24, 2.45) is 11.8 Å². The molecule has 0 radical (unpaired) electrons. The average molecular weight is 421 g/mol. The first-order valence-electron chi connectivity index (χ1n) is 10.4. The van der Waals surface area contributed by atoms with Gasteiger partial charge in [-0.1, -0.05) is 42.5 Å². The normalized spacial score (nSPS) is 27.4. The van der Waals surface area contributed by atoms with Gasteiger partial charge in [0.15, 0.2) is 5.54 Å². The topological polar surface area (TPSA) is 79.0 Å². The third kappa shape index (κ3) is 3.11. The molecule has 7 nitrogen and oxygen atoms in total. The van der Waals surface area contributed by atoms with Gasteiger partial charge in [0.2, 0.25) is 11.8 Å². The van der Waals surface area contributed by atoms with E-state index in [0.717, 1.165) is 16.2 Å². The van der Waals surface area contributed by atoms with Crippen LogP contribution in [-0.4, -0.2) is 50.4 Å². The molecule has 2 aliphatic rings. The van der Waals surface area contributed by atoms with Gasteiger partial charge in [-0.15, -0.1) is 0 Å². The maximum Gasteiger partial charge on any atom is 0.331 e. The monoisotopic (exact) mass is 421 g/mol. The molecule has 0 unspecified atom stereocenters. The zero-order valence-electron chi connectivity index (χ0n) is 18.2. The molecule has 1 N–H and O–H groups in total. The average Bonchev–Trinajstić information content (AvgIpc) is 3.25. The van der Waals surface area contributed by atoms with Crippen LogP contribution in [0.4, 0.5) is 5.69 Å². The molecule has 0 bridgehead atoms. The Kier molecular flexibility index (Phi) is 5.31. The van der Waals surface area contributed by atoms with Gasteiger partial charge in [-0.3, -0.25) is 19.8 Å². The van der Waals surface area contributed by atoms with Gasteiger partial charge < -0.3 is 9.64 Å². The Morgan fingerprint density at radius 3 is 2.29 bits per heavy atom.